The summed E-state index contributed by atoms with van der Waals surface area (Å²) >= 11 is 0. The molecule has 17 heavy (non-hydrogen) atoms. The van der Waals surface area contributed by atoms with E-state index in [-0.39, 0.29) is 23.9 Å². The Balaban J connectivity index is 2.06. The monoisotopic (exact) mass is 239 g/mol. The molecule has 1 aromatic carbocycles. The van der Waals surface area contributed by atoms with E-state index in [1.165, 1.54) is 6.07 Å². The van der Waals surface area contributed by atoms with Crippen LogP contribution in [0.15, 0.2) is 18.2 Å². The molecule has 0 spiro atoms. The lowest BCUT2D eigenvalue weighted by Crippen LogP contribution is -2.36. The van der Waals surface area contributed by atoms with E-state index in [1.807, 2.05) is 13.8 Å². The summed E-state index contributed by atoms with van der Waals surface area (Å²) in [7, 11) is 0. The third-order valence-electron chi connectivity index (χ3n) is 3.30. The number of rotatable bonds is 3. The Labute approximate surface area is 101 Å². The summed E-state index contributed by atoms with van der Waals surface area (Å²) in [6, 6.07) is 4.38. The summed E-state index contributed by atoms with van der Waals surface area (Å²) in [6.45, 7) is 4.75. The number of halogens is 1. The molecule has 1 aliphatic rings. The predicted molar refractivity (Wildman–Crippen MR) is 63.4 cm³/mol. The van der Waals surface area contributed by atoms with E-state index in [0.717, 1.165) is 19.1 Å². The Hall–Kier alpha value is -1.13. The molecular formula is C13H18FNO2. The number of nitrogens with one attached hydrogen (secondary N) is 1. The first-order valence-electron chi connectivity index (χ1n) is 5.94. The third-order valence-corrected chi connectivity index (χ3v) is 3.30. The summed E-state index contributed by atoms with van der Waals surface area (Å²) in [5, 5.41) is 13.1. The van der Waals surface area contributed by atoms with Crippen molar-refractivity contribution in [1.82, 2.24) is 5.32 Å². The van der Waals surface area contributed by atoms with Crippen molar-refractivity contribution in [3.63, 3.8) is 0 Å². The molecule has 1 fully saturated rings. The maximum atomic E-state index is 12.9. The van der Waals surface area contributed by atoms with E-state index < -0.39 is 5.82 Å². The van der Waals surface area contributed by atoms with Gasteiger partial charge in [0.2, 0.25) is 0 Å². The van der Waals surface area contributed by atoms with Gasteiger partial charge in [0, 0.05) is 30.3 Å². The predicted octanol–water partition coefficient (Wildman–Crippen LogP) is 2.36. The van der Waals surface area contributed by atoms with Crippen molar-refractivity contribution in [2.75, 3.05) is 6.61 Å². The quantitative estimate of drug-likeness (QED) is 0.850. The van der Waals surface area contributed by atoms with E-state index in [2.05, 4.69) is 5.32 Å². The zero-order chi connectivity index (χ0) is 12.4. The van der Waals surface area contributed by atoms with Gasteiger partial charge in [-0.3, -0.25) is 0 Å². The first-order valence-corrected chi connectivity index (χ1v) is 5.94. The van der Waals surface area contributed by atoms with Crippen LogP contribution >= 0.6 is 0 Å². The molecule has 1 aromatic rings. The standard InChI is InChI=1S/C13H18FNO2/c1-8(15-12-5-6-17-9(12)2)11-4-3-10(14)7-13(11)16/h3-4,7-9,12,15-16H,5-6H2,1-2H3. The largest absolute Gasteiger partial charge is 0.508 e. The molecule has 4 heteroatoms. The minimum Gasteiger partial charge on any atom is -0.508 e. The second-order valence-electron chi connectivity index (χ2n) is 4.56. The molecule has 3 unspecified atom stereocenters. The van der Waals surface area contributed by atoms with Crippen LogP contribution in [0, 0.1) is 5.82 Å². The second kappa shape index (κ2) is 5.02. The highest BCUT2D eigenvalue weighted by Gasteiger charge is 2.26. The van der Waals surface area contributed by atoms with Crippen molar-refractivity contribution in [2.24, 2.45) is 0 Å². The number of benzene rings is 1. The van der Waals surface area contributed by atoms with Crippen molar-refractivity contribution >= 4 is 0 Å². The van der Waals surface area contributed by atoms with Gasteiger partial charge < -0.3 is 15.2 Å². The lowest BCUT2D eigenvalue weighted by Gasteiger charge is -2.22. The van der Waals surface area contributed by atoms with Crippen LogP contribution in [0.1, 0.15) is 31.9 Å². The van der Waals surface area contributed by atoms with Crippen LogP contribution in [-0.2, 0) is 4.74 Å². The van der Waals surface area contributed by atoms with Gasteiger partial charge in [-0.05, 0) is 26.3 Å². The van der Waals surface area contributed by atoms with Gasteiger partial charge in [0.05, 0.1) is 6.10 Å². The number of phenolic OH excluding ortho intramolecular Hbond substituents is 1. The van der Waals surface area contributed by atoms with Crippen molar-refractivity contribution in [1.29, 1.82) is 0 Å². The fraction of sp³-hybridized carbons (Fsp3) is 0.538. The molecule has 1 saturated heterocycles. The average Bonchev–Trinajstić information content (AvgIpc) is 2.64. The molecule has 2 N–H and O–H groups in total. The minimum atomic E-state index is -0.420. The van der Waals surface area contributed by atoms with Crippen LogP contribution in [0.4, 0.5) is 4.39 Å². The van der Waals surface area contributed by atoms with Gasteiger partial charge in [-0.2, -0.15) is 0 Å². The molecule has 0 aromatic heterocycles. The Kier molecular flexibility index (Phi) is 3.64. The topological polar surface area (TPSA) is 41.5 Å². The molecule has 0 bridgehead atoms. The molecule has 1 heterocycles. The highest BCUT2D eigenvalue weighted by atomic mass is 19.1. The van der Waals surface area contributed by atoms with Gasteiger partial charge in [0.25, 0.3) is 0 Å². The van der Waals surface area contributed by atoms with Crippen LogP contribution in [0.5, 0.6) is 5.75 Å². The van der Waals surface area contributed by atoms with E-state index >= 15 is 0 Å². The molecule has 3 nitrogen and oxygen atoms in total. The van der Waals surface area contributed by atoms with Crippen LogP contribution < -0.4 is 5.32 Å². The molecule has 0 aliphatic carbocycles. The average molecular weight is 239 g/mol. The minimum absolute atomic E-state index is 0.00318. The summed E-state index contributed by atoms with van der Waals surface area (Å²) in [5.74, 6) is -0.424. The molecule has 0 radical (unpaired) electrons. The summed E-state index contributed by atoms with van der Waals surface area (Å²) in [5.41, 5.74) is 0.713. The fourth-order valence-corrected chi connectivity index (χ4v) is 2.24. The van der Waals surface area contributed by atoms with Gasteiger partial charge in [-0.1, -0.05) is 6.07 Å². The number of ether oxygens (including phenoxy) is 1. The zero-order valence-electron chi connectivity index (χ0n) is 10.1. The molecule has 2 rings (SSSR count). The number of aromatic hydroxyl groups is 1. The van der Waals surface area contributed by atoms with Gasteiger partial charge in [-0.15, -0.1) is 0 Å². The molecule has 94 valence electrons. The van der Waals surface area contributed by atoms with Crippen LogP contribution in [0.2, 0.25) is 0 Å². The number of phenols is 1. The molecule has 3 atom stereocenters. The van der Waals surface area contributed by atoms with Crippen molar-refractivity contribution in [3.8, 4) is 5.75 Å². The lowest BCUT2D eigenvalue weighted by atomic mass is 10.0. The second-order valence-corrected chi connectivity index (χ2v) is 4.56. The Morgan fingerprint density at radius 3 is 2.88 bits per heavy atom. The van der Waals surface area contributed by atoms with Crippen LogP contribution in [-0.4, -0.2) is 23.9 Å². The van der Waals surface area contributed by atoms with E-state index in [0.29, 0.717) is 5.56 Å². The SMILES string of the molecule is CC(NC1CCOC1C)c1ccc(F)cc1O. The van der Waals surface area contributed by atoms with Crippen molar-refractivity contribution in [2.45, 2.75) is 38.5 Å². The maximum Gasteiger partial charge on any atom is 0.126 e. The van der Waals surface area contributed by atoms with Gasteiger partial charge in [0.15, 0.2) is 0 Å². The van der Waals surface area contributed by atoms with E-state index in [9.17, 15) is 9.50 Å². The van der Waals surface area contributed by atoms with Gasteiger partial charge in [0.1, 0.15) is 11.6 Å². The Bertz CT molecular complexity index is 397. The van der Waals surface area contributed by atoms with Crippen molar-refractivity contribution < 1.29 is 14.2 Å². The smallest absolute Gasteiger partial charge is 0.126 e. The van der Waals surface area contributed by atoms with E-state index in [4.69, 9.17) is 4.74 Å². The summed E-state index contributed by atoms with van der Waals surface area (Å²) in [6.07, 6.45) is 1.15. The normalized spacial score (nSPS) is 26.1. The van der Waals surface area contributed by atoms with Gasteiger partial charge >= 0.3 is 0 Å². The highest BCUT2D eigenvalue weighted by molar-refractivity contribution is 5.35. The van der Waals surface area contributed by atoms with Crippen LogP contribution in [0.25, 0.3) is 0 Å². The van der Waals surface area contributed by atoms with Gasteiger partial charge in [-0.25, -0.2) is 4.39 Å². The fourth-order valence-electron chi connectivity index (χ4n) is 2.24. The molecular weight excluding hydrogens is 221 g/mol. The lowest BCUT2D eigenvalue weighted by molar-refractivity contribution is 0.111. The summed E-state index contributed by atoms with van der Waals surface area (Å²) in [4.78, 5) is 0. The summed E-state index contributed by atoms with van der Waals surface area (Å²) < 4.78 is 18.3. The molecule has 1 aliphatic heterocycles. The van der Waals surface area contributed by atoms with E-state index in [1.54, 1.807) is 6.07 Å². The van der Waals surface area contributed by atoms with Crippen LogP contribution in [0.3, 0.4) is 0 Å². The number of hydrogen-bond acceptors (Lipinski definition) is 3. The van der Waals surface area contributed by atoms with Crippen molar-refractivity contribution in [3.05, 3.63) is 29.6 Å². The Morgan fingerprint density at radius 2 is 2.29 bits per heavy atom. The Morgan fingerprint density at radius 1 is 1.53 bits per heavy atom. The first kappa shape index (κ1) is 12.3. The molecule has 0 amide bonds. The third kappa shape index (κ3) is 2.76. The first-order chi connectivity index (χ1) is 8.08. The molecule has 0 saturated carbocycles. The highest BCUT2D eigenvalue weighted by Crippen LogP contribution is 2.26. The number of hydrogen-bond donors (Lipinski definition) is 2. The zero-order valence-corrected chi connectivity index (χ0v) is 10.1. The maximum absolute atomic E-state index is 12.9.